The molecular formula is C9H10F3N3O2. The number of amides is 1. The number of nitrogens with one attached hydrogen (secondary N) is 1. The summed E-state index contributed by atoms with van der Waals surface area (Å²) in [5.41, 5.74) is -0.954. The van der Waals surface area contributed by atoms with Crippen LogP contribution in [0.4, 0.5) is 18.0 Å². The number of aromatic nitrogens is 2. The summed E-state index contributed by atoms with van der Waals surface area (Å²) in [5, 5.41) is 8.87. The van der Waals surface area contributed by atoms with E-state index in [-0.39, 0.29) is 5.82 Å². The van der Waals surface area contributed by atoms with Crippen molar-refractivity contribution >= 4 is 6.09 Å². The second-order valence-corrected chi connectivity index (χ2v) is 3.81. The summed E-state index contributed by atoms with van der Waals surface area (Å²) in [7, 11) is 0. The van der Waals surface area contributed by atoms with Crippen molar-refractivity contribution in [3.8, 4) is 0 Å². The van der Waals surface area contributed by atoms with Crippen molar-refractivity contribution in [3.63, 3.8) is 0 Å². The number of imidazole rings is 1. The number of aromatic amines is 1. The van der Waals surface area contributed by atoms with Crippen LogP contribution in [0.2, 0.25) is 0 Å². The SMILES string of the molecule is O=C(O)N1CCC[C@H]1c1ncc(C(F)(F)F)[nH]1. The summed E-state index contributed by atoms with van der Waals surface area (Å²) in [6.07, 6.45) is -3.83. The topological polar surface area (TPSA) is 69.2 Å². The molecule has 1 saturated heterocycles. The first kappa shape index (κ1) is 11.7. The zero-order chi connectivity index (χ0) is 12.6. The van der Waals surface area contributed by atoms with E-state index in [1.54, 1.807) is 0 Å². The van der Waals surface area contributed by atoms with Gasteiger partial charge in [0.15, 0.2) is 0 Å². The van der Waals surface area contributed by atoms with E-state index in [1.165, 1.54) is 0 Å². The van der Waals surface area contributed by atoms with Gasteiger partial charge in [0, 0.05) is 6.54 Å². The maximum atomic E-state index is 12.3. The Morgan fingerprint density at radius 3 is 2.82 bits per heavy atom. The Labute approximate surface area is 94.3 Å². The number of halogens is 3. The molecule has 0 aliphatic carbocycles. The molecule has 0 unspecified atom stereocenters. The minimum atomic E-state index is -4.49. The fourth-order valence-electron chi connectivity index (χ4n) is 1.93. The minimum absolute atomic E-state index is 0.0530. The highest BCUT2D eigenvalue weighted by atomic mass is 19.4. The second-order valence-electron chi connectivity index (χ2n) is 3.81. The lowest BCUT2D eigenvalue weighted by Crippen LogP contribution is -2.29. The molecular weight excluding hydrogens is 239 g/mol. The number of carbonyl (C=O) groups is 1. The van der Waals surface area contributed by atoms with Crippen molar-refractivity contribution in [2.75, 3.05) is 6.54 Å². The van der Waals surface area contributed by atoms with Crippen LogP contribution in [0.15, 0.2) is 6.20 Å². The standard InChI is InChI=1S/C9H10F3N3O2/c10-9(11,12)6-4-13-7(14-6)5-2-1-3-15(5)8(16)17/h4-5H,1-3H2,(H,13,14)(H,16,17)/t5-/m0/s1. The molecule has 1 aliphatic heterocycles. The summed E-state index contributed by atoms with van der Waals surface area (Å²) in [6, 6.07) is -0.608. The average molecular weight is 249 g/mol. The molecule has 2 heterocycles. The molecule has 1 aromatic heterocycles. The van der Waals surface area contributed by atoms with E-state index >= 15 is 0 Å². The van der Waals surface area contributed by atoms with Gasteiger partial charge in [0.1, 0.15) is 11.5 Å². The van der Waals surface area contributed by atoms with Gasteiger partial charge in [-0.1, -0.05) is 0 Å². The molecule has 8 heteroatoms. The zero-order valence-corrected chi connectivity index (χ0v) is 8.66. The molecule has 0 bridgehead atoms. The van der Waals surface area contributed by atoms with Gasteiger partial charge in [0.05, 0.1) is 12.2 Å². The third kappa shape index (κ3) is 2.20. The number of likely N-dealkylation sites (tertiary alicyclic amines) is 1. The highest BCUT2D eigenvalue weighted by molar-refractivity contribution is 5.66. The molecule has 0 aromatic carbocycles. The van der Waals surface area contributed by atoms with Gasteiger partial charge >= 0.3 is 12.3 Å². The van der Waals surface area contributed by atoms with Crippen LogP contribution in [0.25, 0.3) is 0 Å². The van der Waals surface area contributed by atoms with Crippen molar-refractivity contribution in [3.05, 3.63) is 17.7 Å². The molecule has 1 aliphatic rings. The molecule has 1 aromatic rings. The molecule has 0 radical (unpaired) electrons. The van der Waals surface area contributed by atoms with E-state index in [2.05, 4.69) is 9.97 Å². The summed E-state index contributed by atoms with van der Waals surface area (Å²) in [6.45, 7) is 0.321. The van der Waals surface area contributed by atoms with E-state index in [4.69, 9.17) is 5.11 Å². The van der Waals surface area contributed by atoms with Gasteiger partial charge in [-0.15, -0.1) is 0 Å². The van der Waals surface area contributed by atoms with E-state index in [0.29, 0.717) is 25.6 Å². The molecule has 2 rings (SSSR count). The maximum absolute atomic E-state index is 12.3. The number of nitrogens with zero attached hydrogens (tertiary/aromatic N) is 2. The fraction of sp³-hybridized carbons (Fsp3) is 0.556. The first-order chi connectivity index (χ1) is 7.89. The monoisotopic (exact) mass is 249 g/mol. The summed E-state index contributed by atoms with van der Waals surface area (Å²) in [4.78, 5) is 17.7. The Bertz CT molecular complexity index is 429. The zero-order valence-electron chi connectivity index (χ0n) is 8.66. The van der Waals surface area contributed by atoms with Crippen LogP contribution in [-0.4, -0.2) is 32.6 Å². The summed E-state index contributed by atoms with van der Waals surface area (Å²) < 4.78 is 37.0. The third-order valence-corrected chi connectivity index (χ3v) is 2.72. The van der Waals surface area contributed by atoms with Crippen LogP contribution in [-0.2, 0) is 6.18 Å². The summed E-state index contributed by atoms with van der Waals surface area (Å²) >= 11 is 0. The molecule has 17 heavy (non-hydrogen) atoms. The smallest absolute Gasteiger partial charge is 0.432 e. The van der Waals surface area contributed by atoms with Gasteiger partial charge in [-0.05, 0) is 12.8 Å². The van der Waals surface area contributed by atoms with Crippen molar-refractivity contribution in [2.24, 2.45) is 0 Å². The average Bonchev–Trinajstić information content (AvgIpc) is 2.85. The van der Waals surface area contributed by atoms with Crippen molar-refractivity contribution < 1.29 is 23.1 Å². The maximum Gasteiger partial charge on any atom is 0.432 e. The fourth-order valence-corrected chi connectivity index (χ4v) is 1.93. The first-order valence-electron chi connectivity index (χ1n) is 5.01. The van der Waals surface area contributed by atoms with Gasteiger partial charge < -0.3 is 10.1 Å². The number of rotatable bonds is 1. The van der Waals surface area contributed by atoms with Crippen molar-refractivity contribution in [1.82, 2.24) is 14.9 Å². The molecule has 2 N–H and O–H groups in total. The molecule has 0 spiro atoms. The van der Waals surface area contributed by atoms with Gasteiger partial charge in [-0.3, -0.25) is 4.90 Å². The van der Waals surface area contributed by atoms with Crippen LogP contribution < -0.4 is 0 Å². The minimum Gasteiger partial charge on any atom is -0.465 e. The van der Waals surface area contributed by atoms with Crippen LogP contribution in [0, 0.1) is 0 Å². The third-order valence-electron chi connectivity index (χ3n) is 2.72. The highest BCUT2D eigenvalue weighted by Crippen LogP contribution is 2.33. The molecule has 1 atom stereocenters. The predicted molar refractivity (Wildman–Crippen MR) is 50.3 cm³/mol. The highest BCUT2D eigenvalue weighted by Gasteiger charge is 2.36. The Kier molecular flexibility index (Phi) is 2.72. The normalized spacial score (nSPS) is 20.9. The lowest BCUT2D eigenvalue weighted by Gasteiger charge is -2.19. The Morgan fingerprint density at radius 2 is 2.29 bits per heavy atom. The number of hydrogen-bond donors (Lipinski definition) is 2. The Morgan fingerprint density at radius 1 is 1.59 bits per heavy atom. The van der Waals surface area contributed by atoms with Crippen molar-refractivity contribution in [1.29, 1.82) is 0 Å². The Balaban J connectivity index is 2.23. The second kappa shape index (κ2) is 3.94. The summed E-state index contributed by atoms with van der Waals surface area (Å²) in [5.74, 6) is 0.0530. The van der Waals surface area contributed by atoms with Gasteiger partial charge in [0.2, 0.25) is 0 Å². The van der Waals surface area contributed by atoms with Crippen LogP contribution in [0.3, 0.4) is 0 Å². The predicted octanol–water partition coefficient (Wildman–Crippen LogP) is 2.24. The Hall–Kier alpha value is -1.73. The van der Waals surface area contributed by atoms with E-state index in [1.807, 2.05) is 0 Å². The van der Waals surface area contributed by atoms with Crippen molar-refractivity contribution in [2.45, 2.75) is 25.1 Å². The molecule has 5 nitrogen and oxygen atoms in total. The van der Waals surface area contributed by atoms with Gasteiger partial charge in [0.25, 0.3) is 0 Å². The van der Waals surface area contributed by atoms with Crippen LogP contribution >= 0.6 is 0 Å². The largest absolute Gasteiger partial charge is 0.465 e. The molecule has 1 fully saturated rings. The van der Waals surface area contributed by atoms with Crippen LogP contribution in [0.5, 0.6) is 0 Å². The number of H-pyrrole nitrogens is 1. The lowest BCUT2D eigenvalue weighted by atomic mass is 10.2. The van der Waals surface area contributed by atoms with E-state index in [0.717, 1.165) is 4.90 Å². The van der Waals surface area contributed by atoms with E-state index in [9.17, 15) is 18.0 Å². The number of carboxylic acid groups (broad SMARTS) is 1. The van der Waals surface area contributed by atoms with Crippen LogP contribution in [0.1, 0.15) is 30.4 Å². The van der Waals surface area contributed by atoms with E-state index < -0.39 is 24.0 Å². The van der Waals surface area contributed by atoms with Gasteiger partial charge in [-0.25, -0.2) is 9.78 Å². The first-order valence-corrected chi connectivity index (χ1v) is 5.01. The quantitative estimate of drug-likeness (QED) is 0.801. The lowest BCUT2D eigenvalue weighted by molar-refractivity contribution is -0.141. The number of hydrogen-bond acceptors (Lipinski definition) is 2. The molecule has 0 saturated carbocycles. The molecule has 94 valence electrons. The number of alkyl halides is 3. The van der Waals surface area contributed by atoms with Gasteiger partial charge in [-0.2, -0.15) is 13.2 Å². The molecule has 1 amide bonds.